The second kappa shape index (κ2) is 8.65. The highest BCUT2D eigenvalue weighted by atomic mass is 16.6. The number of hydrogen-bond acceptors (Lipinski definition) is 6. The molecule has 7 nitrogen and oxygen atoms in total. The van der Waals surface area contributed by atoms with Crippen molar-refractivity contribution in [2.24, 2.45) is 0 Å². The molecule has 1 heterocycles. The van der Waals surface area contributed by atoms with E-state index in [-0.39, 0.29) is 6.61 Å². The van der Waals surface area contributed by atoms with Gasteiger partial charge in [0.2, 0.25) is 0 Å². The minimum Gasteiger partial charge on any atom is -0.486 e. The van der Waals surface area contributed by atoms with Crippen molar-refractivity contribution in [1.82, 2.24) is 0 Å². The van der Waals surface area contributed by atoms with Crippen LogP contribution >= 0.6 is 0 Å². The Balaban J connectivity index is 1.49. The van der Waals surface area contributed by atoms with Gasteiger partial charge in [0.15, 0.2) is 24.2 Å². The van der Waals surface area contributed by atoms with E-state index in [0.29, 0.717) is 36.1 Å². The molecule has 0 fully saturated rings. The molecule has 3 rings (SSSR count). The zero-order valence-electron chi connectivity index (χ0n) is 16.1. The van der Waals surface area contributed by atoms with Crippen LogP contribution in [0.1, 0.15) is 18.1 Å². The second-order valence-corrected chi connectivity index (χ2v) is 6.51. The van der Waals surface area contributed by atoms with Crippen LogP contribution < -0.4 is 19.5 Å². The quantitative estimate of drug-likeness (QED) is 0.770. The molecule has 2 aromatic carbocycles. The van der Waals surface area contributed by atoms with Gasteiger partial charge in [0.05, 0.1) is 0 Å². The maximum atomic E-state index is 12.3. The van der Waals surface area contributed by atoms with Gasteiger partial charge >= 0.3 is 5.97 Å². The van der Waals surface area contributed by atoms with Crippen molar-refractivity contribution < 1.29 is 28.5 Å². The average Bonchev–Trinajstić information content (AvgIpc) is 2.68. The van der Waals surface area contributed by atoms with E-state index in [1.54, 1.807) is 24.3 Å². The molecule has 0 spiro atoms. The van der Waals surface area contributed by atoms with Crippen LogP contribution in [0.15, 0.2) is 36.4 Å². The topological polar surface area (TPSA) is 83.1 Å². The molecule has 1 aliphatic heterocycles. The average molecular weight is 385 g/mol. The number of nitrogens with one attached hydrogen (secondary N) is 1. The lowest BCUT2D eigenvalue weighted by Crippen LogP contribution is -2.31. The molecule has 0 bridgehead atoms. The van der Waals surface area contributed by atoms with Crippen LogP contribution in [-0.4, -0.2) is 37.8 Å². The number of aryl methyl sites for hydroxylation is 2. The molecule has 1 amide bonds. The molecule has 0 saturated heterocycles. The van der Waals surface area contributed by atoms with E-state index in [9.17, 15) is 9.59 Å². The Morgan fingerprint density at radius 3 is 2.54 bits per heavy atom. The number of hydrogen-bond donors (Lipinski definition) is 1. The minimum absolute atomic E-state index is 0.274. The zero-order chi connectivity index (χ0) is 20.1. The van der Waals surface area contributed by atoms with Crippen LogP contribution in [0.5, 0.6) is 17.2 Å². The van der Waals surface area contributed by atoms with E-state index < -0.39 is 18.0 Å². The Hall–Kier alpha value is -3.22. The van der Waals surface area contributed by atoms with Crippen molar-refractivity contribution in [1.29, 1.82) is 0 Å². The fourth-order valence-corrected chi connectivity index (χ4v) is 2.60. The van der Waals surface area contributed by atoms with Gasteiger partial charge in [0.1, 0.15) is 19.0 Å². The van der Waals surface area contributed by atoms with Gasteiger partial charge in [-0.25, -0.2) is 4.79 Å². The highest BCUT2D eigenvalue weighted by molar-refractivity contribution is 5.95. The fourth-order valence-electron chi connectivity index (χ4n) is 2.60. The van der Waals surface area contributed by atoms with Crippen molar-refractivity contribution in [3.8, 4) is 17.2 Å². The molecule has 2 aromatic rings. The van der Waals surface area contributed by atoms with E-state index in [0.717, 1.165) is 11.1 Å². The third-order valence-electron chi connectivity index (χ3n) is 4.32. The predicted octanol–water partition coefficient (Wildman–Crippen LogP) is 3.02. The number of benzene rings is 2. The van der Waals surface area contributed by atoms with Gasteiger partial charge in [-0.1, -0.05) is 6.07 Å². The summed E-state index contributed by atoms with van der Waals surface area (Å²) in [7, 11) is 0. The maximum absolute atomic E-state index is 12.3. The Morgan fingerprint density at radius 1 is 1.04 bits per heavy atom. The summed E-state index contributed by atoms with van der Waals surface area (Å²) in [6.45, 7) is 6.14. The van der Waals surface area contributed by atoms with E-state index in [2.05, 4.69) is 5.32 Å². The zero-order valence-corrected chi connectivity index (χ0v) is 16.1. The number of carbonyl (C=O) groups is 2. The number of ether oxygens (including phenoxy) is 4. The maximum Gasteiger partial charge on any atom is 0.344 e. The van der Waals surface area contributed by atoms with Crippen molar-refractivity contribution >= 4 is 17.6 Å². The van der Waals surface area contributed by atoms with E-state index >= 15 is 0 Å². The van der Waals surface area contributed by atoms with Gasteiger partial charge in [0.25, 0.3) is 5.91 Å². The van der Waals surface area contributed by atoms with Gasteiger partial charge in [-0.15, -0.1) is 0 Å². The summed E-state index contributed by atoms with van der Waals surface area (Å²) in [5.41, 5.74) is 2.74. The smallest absolute Gasteiger partial charge is 0.344 e. The van der Waals surface area contributed by atoms with Crippen LogP contribution in [-0.2, 0) is 14.3 Å². The lowest BCUT2D eigenvalue weighted by atomic mass is 10.1. The molecule has 0 aliphatic carbocycles. The Bertz CT molecular complexity index is 879. The standard InChI is InChI=1S/C21H23NO6/c1-13-4-6-17(10-14(13)2)27-12-20(23)28-15(3)21(24)22-16-5-7-18-19(11-16)26-9-8-25-18/h4-7,10-11,15H,8-9,12H2,1-3H3,(H,22,24)/t15-/m1/s1. The molecule has 1 N–H and O–H groups in total. The predicted molar refractivity (Wildman–Crippen MR) is 103 cm³/mol. The third-order valence-corrected chi connectivity index (χ3v) is 4.32. The molecule has 28 heavy (non-hydrogen) atoms. The molecule has 1 aliphatic rings. The molecule has 0 unspecified atom stereocenters. The first-order chi connectivity index (χ1) is 13.4. The second-order valence-electron chi connectivity index (χ2n) is 6.51. The summed E-state index contributed by atoms with van der Waals surface area (Å²) in [6.07, 6.45) is -0.968. The molecule has 0 aromatic heterocycles. The molecule has 0 saturated carbocycles. The summed E-state index contributed by atoms with van der Waals surface area (Å²) in [5.74, 6) is 0.704. The van der Waals surface area contributed by atoms with Gasteiger partial charge in [0, 0.05) is 11.8 Å². The van der Waals surface area contributed by atoms with Gasteiger partial charge in [-0.05, 0) is 56.2 Å². The van der Waals surface area contributed by atoms with E-state index in [4.69, 9.17) is 18.9 Å². The first-order valence-electron chi connectivity index (χ1n) is 9.02. The Morgan fingerprint density at radius 2 is 1.79 bits per heavy atom. The molecule has 1 atom stereocenters. The van der Waals surface area contributed by atoms with Crippen LogP contribution in [0.3, 0.4) is 0 Å². The van der Waals surface area contributed by atoms with Crippen LogP contribution in [0, 0.1) is 13.8 Å². The van der Waals surface area contributed by atoms with Gasteiger partial charge < -0.3 is 24.3 Å². The Labute approximate surface area is 163 Å². The monoisotopic (exact) mass is 385 g/mol. The first-order valence-corrected chi connectivity index (χ1v) is 9.02. The molecular weight excluding hydrogens is 362 g/mol. The number of amides is 1. The lowest BCUT2D eigenvalue weighted by Gasteiger charge is -2.19. The van der Waals surface area contributed by atoms with Crippen molar-refractivity contribution in [3.63, 3.8) is 0 Å². The highest BCUT2D eigenvalue weighted by Crippen LogP contribution is 2.32. The van der Waals surface area contributed by atoms with Crippen LogP contribution in [0.4, 0.5) is 5.69 Å². The van der Waals surface area contributed by atoms with E-state index in [1.807, 2.05) is 26.0 Å². The van der Waals surface area contributed by atoms with Crippen LogP contribution in [0.2, 0.25) is 0 Å². The molecule has 7 heteroatoms. The van der Waals surface area contributed by atoms with Crippen molar-refractivity contribution in [2.75, 3.05) is 25.1 Å². The summed E-state index contributed by atoms with van der Waals surface area (Å²) in [5, 5.41) is 2.69. The summed E-state index contributed by atoms with van der Waals surface area (Å²) in [4.78, 5) is 24.2. The Kier molecular flexibility index (Phi) is 6.03. The number of carbonyl (C=O) groups excluding carboxylic acids is 2. The van der Waals surface area contributed by atoms with Crippen molar-refractivity contribution in [3.05, 3.63) is 47.5 Å². The summed E-state index contributed by atoms with van der Waals surface area (Å²) >= 11 is 0. The molecule has 148 valence electrons. The summed E-state index contributed by atoms with van der Waals surface area (Å²) in [6, 6.07) is 10.6. The largest absolute Gasteiger partial charge is 0.486 e. The fraction of sp³-hybridized carbons (Fsp3) is 0.333. The molecule has 0 radical (unpaired) electrons. The number of anilines is 1. The van der Waals surface area contributed by atoms with Gasteiger partial charge in [-0.3, -0.25) is 4.79 Å². The van der Waals surface area contributed by atoms with Crippen LogP contribution in [0.25, 0.3) is 0 Å². The molecular formula is C21H23NO6. The van der Waals surface area contributed by atoms with E-state index in [1.165, 1.54) is 6.92 Å². The lowest BCUT2D eigenvalue weighted by molar-refractivity contribution is -0.155. The third kappa shape index (κ3) is 4.94. The SMILES string of the molecule is Cc1ccc(OCC(=O)O[C@H](C)C(=O)Nc2ccc3c(c2)OCCO3)cc1C. The summed E-state index contributed by atoms with van der Waals surface area (Å²) < 4.78 is 21.5. The normalized spacial score (nSPS) is 13.4. The number of rotatable bonds is 6. The number of fused-ring (bicyclic) bond motifs is 1. The van der Waals surface area contributed by atoms with Crippen molar-refractivity contribution in [2.45, 2.75) is 26.9 Å². The highest BCUT2D eigenvalue weighted by Gasteiger charge is 2.19. The van der Waals surface area contributed by atoms with Gasteiger partial charge in [-0.2, -0.15) is 0 Å². The number of esters is 1. The minimum atomic E-state index is -0.968. The first kappa shape index (κ1) is 19.5.